The van der Waals surface area contributed by atoms with Crippen molar-refractivity contribution in [2.45, 2.75) is 18.9 Å². The molecule has 1 unspecified atom stereocenters. The van der Waals surface area contributed by atoms with Gasteiger partial charge < -0.3 is 33.5 Å². The number of β-amino-alcohol motifs (C(OH)–C–C–N with tert-alkyl or cyclic N) is 1. The van der Waals surface area contributed by atoms with Gasteiger partial charge in [-0.25, -0.2) is 0 Å². The summed E-state index contributed by atoms with van der Waals surface area (Å²) in [5.41, 5.74) is 1.94. The van der Waals surface area contributed by atoms with E-state index in [-0.39, 0.29) is 6.29 Å². The van der Waals surface area contributed by atoms with Crippen molar-refractivity contribution in [2.24, 2.45) is 0 Å². The number of aliphatic hydroxyl groups excluding tert-OH is 1. The van der Waals surface area contributed by atoms with E-state index in [4.69, 9.17) is 28.4 Å². The molecule has 176 valence electrons. The minimum Gasteiger partial charge on any atom is -0.493 e. The zero-order chi connectivity index (χ0) is 23.1. The number of nitrogens with zero attached hydrogens (tertiary/aromatic N) is 1. The van der Waals surface area contributed by atoms with Crippen LogP contribution in [0.3, 0.4) is 0 Å². The van der Waals surface area contributed by atoms with Crippen molar-refractivity contribution >= 4 is 21.5 Å². The van der Waals surface area contributed by atoms with Crippen LogP contribution >= 0.6 is 0 Å². The Kier molecular flexibility index (Phi) is 5.92. The highest BCUT2D eigenvalue weighted by molar-refractivity contribution is 6.13. The van der Waals surface area contributed by atoms with Crippen LogP contribution in [-0.2, 0) is 16.0 Å². The third-order valence-electron chi connectivity index (χ3n) is 6.52. The molecule has 5 rings (SSSR count). The summed E-state index contributed by atoms with van der Waals surface area (Å²) in [7, 11) is 6.49. The van der Waals surface area contributed by atoms with E-state index >= 15 is 0 Å². The zero-order valence-electron chi connectivity index (χ0n) is 19.3. The third kappa shape index (κ3) is 3.73. The molecule has 8 nitrogen and oxygen atoms in total. The van der Waals surface area contributed by atoms with E-state index in [1.165, 1.54) is 0 Å². The number of rotatable bonds is 6. The number of hydrogen-bond acceptors (Lipinski definition) is 8. The summed E-state index contributed by atoms with van der Waals surface area (Å²) in [4.78, 5) is 2.17. The van der Waals surface area contributed by atoms with Crippen LogP contribution in [0.5, 0.6) is 23.0 Å². The maximum Gasteiger partial charge on any atom is 0.170 e. The molecule has 0 amide bonds. The maximum atomic E-state index is 11.3. The fourth-order valence-electron chi connectivity index (χ4n) is 5.02. The molecule has 1 N–H and O–H groups in total. The molecule has 0 aromatic heterocycles. The van der Waals surface area contributed by atoms with Crippen LogP contribution in [0.25, 0.3) is 21.5 Å². The minimum absolute atomic E-state index is 0.274. The smallest absolute Gasteiger partial charge is 0.170 e. The normalized spacial score (nSPS) is 19.1. The lowest BCUT2D eigenvalue weighted by Gasteiger charge is -2.35. The molecular formula is C25H29NO7. The highest BCUT2D eigenvalue weighted by Crippen LogP contribution is 2.46. The molecule has 3 aromatic carbocycles. The van der Waals surface area contributed by atoms with Gasteiger partial charge in [0.05, 0.1) is 47.8 Å². The molecule has 1 fully saturated rings. The fraction of sp³-hybridized carbons (Fsp3) is 0.440. The van der Waals surface area contributed by atoms with E-state index in [1.807, 2.05) is 24.3 Å². The number of aliphatic hydroxyl groups is 1. The van der Waals surface area contributed by atoms with Crippen LogP contribution in [0.4, 0.5) is 0 Å². The van der Waals surface area contributed by atoms with Gasteiger partial charge in [0.25, 0.3) is 0 Å². The predicted octanol–water partition coefficient (Wildman–Crippen LogP) is 3.25. The van der Waals surface area contributed by atoms with Gasteiger partial charge in [-0.1, -0.05) is 0 Å². The predicted molar refractivity (Wildman–Crippen MR) is 124 cm³/mol. The average Bonchev–Trinajstić information content (AvgIpc) is 3.35. The summed E-state index contributed by atoms with van der Waals surface area (Å²) in [6, 6.07) is 7.88. The Bertz CT molecular complexity index is 1190. The van der Waals surface area contributed by atoms with Crippen LogP contribution in [0.1, 0.15) is 17.2 Å². The van der Waals surface area contributed by atoms with E-state index in [1.54, 1.807) is 28.4 Å². The lowest BCUT2D eigenvalue weighted by Crippen LogP contribution is -2.39. The van der Waals surface area contributed by atoms with Crippen molar-refractivity contribution in [1.29, 1.82) is 0 Å². The van der Waals surface area contributed by atoms with E-state index in [2.05, 4.69) is 4.90 Å². The SMILES string of the molecule is COc1cc2c3c(c4cc(OC)c(OC)cc4c2cc1OC)C(O)CN(CC1OCCO1)C3. The van der Waals surface area contributed by atoms with Gasteiger partial charge in [-0.3, -0.25) is 4.90 Å². The van der Waals surface area contributed by atoms with Crippen molar-refractivity contribution in [3.05, 3.63) is 35.4 Å². The van der Waals surface area contributed by atoms with Gasteiger partial charge in [-0.15, -0.1) is 0 Å². The van der Waals surface area contributed by atoms with Crippen LogP contribution in [-0.4, -0.2) is 71.0 Å². The van der Waals surface area contributed by atoms with E-state index in [9.17, 15) is 5.11 Å². The Labute approximate surface area is 192 Å². The van der Waals surface area contributed by atoms with Crippen LogP contribution in [0.2, 0.25) is 0 Å². The number of methoxy groups -OCH3 is 4. The number of benzene rings is 3. The molecule has 33 heavy (non-hydrogen) atoms. The first-order valence-electron chi connectivity index (χ1n) is 11.0. The molecule has 2 aliphatic rings. The standard InChI is InChI=1S/C25H29NO7/c1-28-20-7-14-15-8-21(29-2)23(31-4)10-17(15)25-18(16(14)9-22(20)30-3)11-26(12-19(25)27)13-24-32-5-6-33-24/h7-10,19,24,27H,5-6,11-13H2,1-4H3. The molecule has 0 spiro atoms. The van der Waals surface area contributed by atoms with Gasteiger partial charge >= 0.3 is 0 Å². The largest absolute Gasteiger partial charge is 0.493 e. The van der Waals surface area contributed by atoms with Crippen LogP contribution < -0.4 is 18.9 Å². The number of ether oxygens (including phenoxy) is 6. The quantitative estimate of drug-likeness (QED) is 0.568. The Morgan fingerprint density at radius 1 is 0.788 bits per heavy atom. The molecule has 8 heteroatoms. The second-order valence-electron chi connectivity index (χ2n) is 8.28. The van der Waals surface area contributed by atoms with E-state index < -0.39 is 6.10 Å². The maximum absolute atomic E-state index is 11.3. The summed E-state index contributed by atoms with van der Waals surface area (Å²) >= 11 is 0. The first-order valence-corrected chi connectivity index (χ1v) is 11.0. The molecule has 1 saturated heterocycles. The molecule has 3 aromatic rings. The first-order chi connectivity index (χ1) is 16.1. The molecule has 0 aliphatic carbocycles. The molecule has 0 bridgehead atoms. The molecular weight excluding hydrogens is 426 g/mol. The molecule has 0 saturated carbocycles. The van der Waals surface area contributed by atoms with Crippen molar-refractivity contribution in [2.75, 3.05) is 54.7 Å². The Morgan fingerprint density at radius 3 is 1.82 bits per heavy atom. The van der Waals surface area contributed by atoms with Crippen molar-refractivity contribution in [3.63, 3.8) is 0 Å². The van der Waals surface area contributed by atoms with E-state index in [0.29, 0.717) is 55.8 Å². The summed E-state index contributed by atoms with van der Waals surface area (Å²) in [5.74, 6) is 2.53. The second-order valence-corrected chi connectivity index (χ2v) is 8.28. The molecule has 0 radical (unpaired) electrons. The lowest BCUT2D eigenvalue weighted by atomic mass is 9.86. The van der Waals surface area contributed by atoms with E-state index in [0.717, 1.165) is 32.7 Å². The number of fused-ring (bicyclic) bond motifs is 6. The van der Waals surface area contributed by atoms with Crippen molar-refractivity contribution in [3.8, 4) is 23.0 Å². The van der Waals surface area contributed by atoms with Gasteiger partial charge in [0.15, 0.2) is 29.3 Å². The Balaban J connectivity index is 1.77. The monoisotopic (exact) mass is 455 g/mol. The Hall–Kier alpha value is -2.78. The van der Waals surface area contributed by atoms with Crippen molar-refractivity contribution < 1.29 is 33.5 Å². The zero-order valence-corrected chi connectivity index (χ0v) is 19.3. The number of hydrogen-bond donors (Lipinski definition) is 1. The lowest BCUT2D eigenvalue weighted by molar-refractivity contribution is -0.0704. The first kappa shape index (κ1) is 22.0. The van der Waals surface area contributed by atoms with Gasteiger partial charge in [0.1, 0.15) is 0 Å². The van der Waals surface area contributed by atoms with Gasteiger partial charge in [-0.05, 0) is 56.9 Å². The topological polar surface area (TPSA) is 78.9 Å². The minimum atomic E-state index is -0.687. The summed E-state index contributed by atoms with van der Waals surface area (Å²) < 4.78 is 33.7. The molecule has 1 atom stereocenters. The van der Waals surface area contributed by atoms with Crippen molar-refractivity contribution in [1.82, 2.24) is 4.90 Å². The summed E-state index contributed by atoms with van der Waals surface area (Å²) in [6.07, 6.45) is -0.960. The van der Waals surface area contributed by atoms with Gasteiger partial charge in [-0.2, -0.15) is 0 Å². The second kappa shape index (κ2) is 8.87. The van der Waals surface area contributed by atoms with Crippen LogP contribution in [0.15, 0.2) is 24.3 Å². The highest BCUT2D eigenvalue weighted by Gasteiger charge is 2.31. The Morgan fingerprint density at radius 2 is 1.27 bits per heavy atom. The summed E-state index contributed by atoms with van der Waals surface area (Å²) in [5, 5.41) is 15.2. The molecule has 2 aliphatic heterocycles. The third-order valence-corrected chi connectivity index (χ3v) is 6.52. The van der Waals surface area contributed by atoms with Crippen LogP contribution in [0, 0.1) is 0 Å². The van der Waals surface area contributed by atoms with Gasteiger partial charge in [0, 0.05) is 19.6 Å². The summed E-state index contributed by atoms with van der Waals surface area (Å²) in [6.45, 7) is 2.92. The fourth-order valence-corrected chi connectivity index (χ4v) is 5.02. The molecule has 2 heterocycles. The highest BCUT2D eigenvalue weighted by atomic mass is 16.7. The van der Waals surface area contributed by atoms with Gasteiger partial charge in [0.2, 0.25) is 0 Å². The average molecular weight is 456 g/mol.